The Labute approximate surface area is 218 Å². The molecule has 0 radical (unpaired) electrons. The Hall–Kier alpha value is -3.98. The van der Waals surface area contributed by atoms with Crippen molar-refractivity contribution in [3.05, 3.63) is 130 Å². The SMILES string of the molecule is C(=Cc1cc2cc3ccccc3cc2s1)c1ccc(C=Cc2cc3cc4ccccc4cc3s2)cc1. The first-order valence-corrected chi connectivity index (χ1v) is 13.7. The molecule has 2 heterocycles. The van der Waals surface area contributed by atoms with Crippen LogP contribution in [0.4, 0.5) is 0 Å². The van der Waals surface area contributed by atoms with Crippen LogP contribution in [0.15, 0.2) is 109 Å². The molecule has 0 amide bonds. The number of hydrogen-bond donors (Lipinski definition) is 0. The second-order valence-electron chi connectivity index (χ2n) is 9.11. The molecule has 170 valence electrons. The van der Waals surface area contributed by atoms with Crippen molar-refractivity contribution in [1.82, 2.24) is 0 Å². The Kier molecular flexibility index (Phi) is 5.27. The third-order valence-corrected chi connectivity index (χ3v) is 8.75. The van der Waals surface area contributed by atoms with Crippen LogP contribution >= 0.6 is 22.7 Å². The van der Waals surface area contributed by atoms with Gasteiger partial charge in [-0.2, -0.15) is 0 Å². The molecule has 0 fully saturated rings. The molecular weight excluding hydrogens is 473 g/mol. The van der Waals surface area contributed by atoms with Gasteiger partial charge in [0.25, 0.3) is 0 Å². The molecule has 0 saturated heterocycles. The zero-order valence-corrected chi connectivity index (χ0v) is 21.2. The molecule has 0 spiro atoms. The highest BCUT2D eigenvalue weighted by atomic mass is 32.1. The van der Waals surface area contributed by atoms with E-state index in [9.17, 15) is 0 Å². The lowest BCUT2D eigenvalue weighted by atomic mass is 10.1. The van der Waals surface area contributed by atoms with E-state index in [2.05, 4.69) is 133 Å². The van der Waals surface area contributed by atoms with Crippen molar-refractivity contribution in [1.29, 1.82) is 0 Å². The summed E-state index contributed by atoms with van der Waals surface area (Å²) in [5, 5.41) is 7.82. The van der Waals surface area contributed by atoms with Crippen LogP contribution in [0.5, 0.6) is 0 Å². The van der Waals surface area contributed by atoms with E-state index >= 15 is 0 Å². The van der Waals surface area contributed by atoms with Gasteiger partial charge in [0, 0.05) is 19.2 Å². The summed E-state index contributed by atoms with van der Waals surface area (Å²) in [6.45, 7) is 0. The molecule has 0 nitrogen and oxygen atoms in total. The van der Waals surface area contributed by atoms with E-state index in [0.717, 1.165) is 0 Å². The molecule has 0 N–H and O–H groups in total. The predicted octanol–water partition coefficient (Wildman–Crippen LogP) is 10.8. The Balaban J connectivity index is 1.09. The molecule has 7 rings (SSSR count). The molecule has 0 bridgehead atoms. The fraction of sp³-hybridized carbons (Fsp3) is 0. The zero-order chi connectivity index (χ0) is 23.9. The van der Waals surface area contributed by atoms with E-state index < -0.39 is 0 Å². The second kappa shape index (κ2) is 8.91. The van der Waals surface area contributed by atoms with Gasteiger partial charge >= 0.3 is 0 Å². The fourth-order valence-electron chi connectivity index (χ4n) is 4.74. The third kappa shape index (κ3) is 4.15. The molecule has 0 atom stereocenters. The molecule has 0 unspecified atom stereocenters. The highest BCUT2D eigenvalue weighted by Crippen LogP contribution is 2.32. The number of rotatable bonds is 4. The quantitative estimate of drug-likeness (QED) is 0.228. The Morgan fingerprint density at radius 1 is 0.361 bits per heavy atom. The average Bonchev–Trinajstić information content (AvgIpc) is 3.50. The van der Waals surface area contributed by atoms with Gasteiger partial charge < -0.3 is 0 Å². The summed E-state index contributed by atoms with van der Waals surface area (Å²) in [5.41, 5.74) is 2.42. The molecule has 0 aliphatic carbocycles. The van der Waals surface area contributed by atoms with Crippen LogP contribution in [0.3, 0.4) is 0 Å². The van der Waals surface area contributed by atoms with Gasteiger partial charge in [0.2, 0.25) is 0 Å². The largest absolute Gasteiger partial charge is 0.136 e. The summed E-state index contributed by atoms with van der Waals surface area (Å²) >= 11 is 3.69. The lowest BCUT2D eigenvalue weighted by Gasteiger charge is -1.96. The fourth-order valence-corrected chi connectivity index (χ4v) is 6.73. The minimum absolute atomic E-state index is 1.21. The summed E-state index contributed by atoms with van der Waals surface area (Å²) in [7, 11) is 0. The van der Waals surface area contributed by atoms with Crippen molar-refractivity contribution in [3.8, 4) is 0 Å². The number of fused-ring (bicyclic) bond motifs is 4. The van der Waals surface area contributed by atoms with Gasteiger partial charge in [-0.15, -0.1) is 22.7 Å². The van der Waals surface area contributed by atoms with E-state index in [0.29, 0.717) is 0 Å². The maximum atomic E-state index is 2.30. The minimum Gasteiger partial charge on any atom is -0.136 e. The van der Waals surface area contributed by atoms with Crippen molar-refractivity contribution in [2.75, 3.05) is 0 Å². The van der Waals surface area contributed by atoms with Gasteiger partial charge in [-0.25, -0.2) is 0 Å². The molecule has 5 aromatic carbocycles. The highest BCUT2D eigenvalue weighted by molar-refractivity contribution is 7.20. The average molecular weight is 495 g/mol. The molecule has 36 heavy (non-hydrogen) atoms. The topological polar surface area (TPSA) is 0 Å². The maximum Gasteiger partial charge on any atom is 0.0355 e. The molecule has 0 aliphatic heterocycles. The lowest BCUT2D eigenvalue weighted by molar-refractivity contribution is 1.63. The summed E-state index contributed by atoms with van der Waals surface area (Å²) in [6, 6.07) is 39.6. The first-order valence-electron chi connectivity index (χ1n) is 12.1. The van der Waals surface area contributed by atoms with Crippen LogP contribution in [-0.4, -0.2) is 0 Å². The Bertz CT molecular complexity index is 1680. The summed E-state index contributed by atoms with van der Waals surface area (Å²) in [5.74, 6) is 0. The smallest absolute Gasteiger partial charge is 0.0355 e. The standard InChI is InChI=1S/C34H22S2/c1-3-7-27-21-33-29(17-25(27)5-1)19-31(35-33)15-13-23-9-11-24(12-10-23)14-16-32-20-30-18-26-6-2-4-8-28(26)22-34(30)36-32/h1-22H. The summed E-state index contributed by atoms with van der Waals surface area (Å²) < 4.78 is 2.67. The first kappa shape index (κ1) is 21.3. The van der Waals surface area contributed by atoms with Gasteiger partial charge in [-0.1, -0.05) is 84.9 Å². The molecule has 2 heteroatoms. The van der Waals surface area contributed by atoms with Crippen LogP contribution in [-0.2, 0) is 0 Å². The lowest BCUT2D eigenvalue weighted by Crippen LogP contribution is -1.74. The van der Waals surface area contributed by atoms with E-state index in [1.165, 1.54) is 62.6 Å². The van der Waals surface area contributed by atoms with Crippen LogP contribution in [0.1, 0.15) is 20.9 Å². The summed E-state index contributed by atoms with van der Waals surface area (Å²) in [4.78, 5) is 2.56. The van der Waals surface area contributed by atoms with Crippen molar-refractivity contribution in [2.24, 2.45) is 0 Å². The normalized spacial score (nSPS) is 12.2. The van der Waals surface area contributed by atoms with E-state index in [1.807, 2.05) is 22.7 Å². The summed E-state index contributed by atoms with van der Waals surface area (Å²) in [6.07, 6.45) is 8.85. The zero-order valence-electron chi connectivity index (χ0n) is 19.5. The number of thiophene rings is 2. The Morgan fingerprint density at radius 3 is 1.17 bits per heavy atom. The van der Waals surface area contributed by atoms with Crippen LogP contribution in [0.2, 0.25) is 0 Å². The van der Waals surface area contributed by atoms with Crippen molar-refractivity contribution >= 4 is 88.7 Å². The van der Waals surface area contributed by atoms with Crippen molar-refractivity contribution < 1.29 is 0 Å². The van der Waals surface area contributed by atoms with Gasteiger partial charge in [0.1, 0.15) is 0 Å². The monoisotopic (exact) mass is 494 g/mol. The minimum atomic E-state index is 1.21. The van der Waals surface area contributed by atoms with Crippen molar-refractivity contribution in [3.63, 3.8) is 0 Å². The number of hydrogen-bond acceptors (Lipinski definition) is 2. The second-order valence-corrected chi connectivity index (χ2v) is 11.3. The third-order valence-electron chi connectivity index (χ3n) is 6.62. The molecule has 2 aromatic heterocycles. The number of benzene rings is 5. The first-order chi connectivity index (χ1) is 17.8. The van der Waals surface area contributed by atoms with Gasteiger partial charge in [0.15, 0.2) is 0 Å². The van der Waals surface area contributed by atoms with Gasteiger partial charge in [-0.05, 0) is 92.0 Å². The van der Waals surface area contributed by atoms with E-state index in [-0.39, 0.29) is 0 Å². The van der Waals surface area contributed by atoms with Gasteiger partial charge in [0.05, 0.1) is 0 Å². The molecule has 7 aromatic rings. The highest BCUT2D eigenvalue weighted by Gasteiger charge is 2.03. The van der Waals surface area contributed by atoms with Gasteiger partial charge in [-0.3, -0.25) is 0 Å². The van der Waals surface area contributed by atoms with Crippen molar-refractivity contribution in [2.45, 2.75) is 0 Å². The van der Waals surface area contributed by atoms with Crippen LogP contribution in [0.25, 0.3) is 66.0 Å². The van der Waals surface area contributed by atoms with E-state index in [4.69, 9.17) is 0 Å². The van der Waals surface area contributed by atoms with Crippen LogP contribution in [0, 0.1) is 0 Å². The van der Waals surface area contributed by atoms with Crippen LogP contribution < -0.4 is 0 Å². The Morgan fingerprint density at radius 2 is 0.750 bits per heavy atom. The maximum absolute atomic E-state index is 2.30. The molecule has 0 saturated carbocycles. The molecular formula is C34H22S2. The predicted molar refractivity (Wildman–Crippen MR) is 163 cm³/mol. The van der Waals surface area contributed by atoms with E-state index in [1.54, 1.807) is 0 Å². The molecule has 0 aliphatic rings.